The Morgan fingerprint density at radius 1 is 1.11 bits per heavy atom. The van der Waals surface area contributed by atoms with Gasteiger partial charge in [0, 0.05) is 23.8 Å². The summed E-state index contributed by atoms with van der Waals surface area (Å²) < 4.78 is 7.45. The fraction of sp³-hybridized carbons (Fsp3) is 0.500. The molecule has 2 aromatic rings. The van der Waals surface area contributed by atoms with E-state index in [1.54, 1.807) is 0 Å². The Bertz CT molecular complexity index is 1260. The third-order valence-corrected chi connectivity index (χ3v) is 8.37. The normalized spacial score (nSPS) is 27.8. The molecule has 36 heavy (non-hydrogen) atoms. The van der Waals surface area contributed by atoms with Crippen molar-refractivity contribution in [1.29, 1.82) is 5.26 Å². The minimum Gasteiger partial charge on any atom is -0.455 e. The Hall–Kier alpha value is -3.60. The molecule has 2 atom stereocenters. The van der Waals surface area contributed by atoms with Crippen LogP contribution in [0.1, 0.15) is 62.3 Å². The zero-order valence-corrected chi connectivity index (χ0v) is 21.0. The summed E-state index contributed by atoms with van der Waals surface area (Å²) in [7, 11) is 0. The van der Waals surface area contributed by atoms with Crippen molar-refractivity contribution in [3.05, 3.63) is 47.2 Å². The SMILES string of the molecule is CC(=O)NC12CC3CC(C1)CC(C(=O)OCC(=O)Nc1c(C#N)c(C)c(C)n1-c1ccccc1)(C3)C2. The summed E-state index contributed by atoms with van der Waals surface area (Å²) in [4.78, 5) is 38.2. The van der Waals surface area contributed by atoms with E-state index in [4.69, 9.17) is 4.74 Å². The summed E-state index contributed by atoms with van der Waals surface area (Å²) in [6.45, 7) is 4.85. The highest BCUT2D eigenvalue weighted by molar-refractivity contribution is 5.94. The predicted molar refractivity (Wildman–Crippen MR) is 133 cm³/mol. The molecule has 8 heteroatoms. The number of nitrogens with zero attached hydrogens (tertiary/aromatic N) is 2. The fourth-order valence-electron chi connectivity index (χ4n) is 7.43. The number of carbonyl (C=O) groups is 3. The largest absolute Gasteiger partial charge is 0.455 e. The van der Waals surface area contributed by atoms with E-state index < -0.39 is 17.9 Å². The molecular formula is C28H32N4O4. The van der Waals surface area contributed by atoms with E-state index in [0.717, 1.165) is 49.0 Å². The summed E-state index contributed by atoms with van der Waals surface area (Å²) in [5, 5.41) is 15.7. The van der Waals surface area contributed by atoms with E-state index in [0.29, 0.717) is 29.6 Å². The second-order valence-corrected chi connectivity index (χ2v) is 11.0. The van der Waals surface area contributed by atoms with Crippen LogP contribution in [0.5, 0.6) is 0 Å². The zero-order valence-electron chi connectivity index (χ0n) is 21.0. The number of hydrogen-bond donors (Lipinski definition) is 2. The van der Waals surface area contributed by atoms with Crippen molar-refractivity contribution in [3.8, 4) is 11.8 Å². The standard InChI is InChI=1S/C28H32N4O4/c1-17-18(2)32(22-7-5-4-6-8-22)25(23(17)14-29)30-24(34)15-36-26(35)27-10-20-9-21(11-27)13-28(12-20,16-27)31-19(3)33/h4-8,20-21H,9-13,15-16H2,1-3H3,(H,30,34)(H,31,33). The Labute approximate surface area is 211 Å². The summed E-state index contributed by atoms with van der Waals surface area (Å²) in [6.07, 6.45) is 4.97. The minimum absolute atomic E-state index is 0.0693. The average molecular weight is 489 g/mol. The van der Waals surface area contributed by atoms with Crippen molar-refractivity contribution in [2.75, 3.05) is 11.9 Å². The van der Waals surface area contributed by atoms with Gasteiger partial charge < -0.3 is 15.4 Å². The first-order valence-electron chi connectivity index (χ1n) is 12.6. The lowest BCUT2D eigenvalue weighted by molar-refractivity contribution is -0.176. The maximum atomic E-state index is 13.4. The summed E-state index contributed by atoms with van der Waals surface area (Å²) >= 11 is 0. The first kappa shape index (κ1) is 24.1. The molecule has 4 aliphatic rings. The molecule has 188 valence electrons. The molecule has 4 saturated carbocycles. The molecule has 1 heterocycles. The van der Waals surface area contributed by atoms with Crippen LogP contribution in [0.15, 0.2) is 30.3 Å². The van der Waals surface area contributed by atoms with E-state index in [2.05, 4.69) is 16.7 Å². The van der Waals surface area contributed by atoms with Gasteiger partial charge in [0.05, 0.1) is 11.0 Å². The van der Waals surface area contributed by atoms with Gasteiger partial charge in [-0.2, -0.15) is 5.26 Å². The second-order valence-electron chi connectivity index (χ2n) is 11.0. The number of para-hydroxylation sites is 1. The maximum Gasteiger partial charge on any atom is 0.312 e. The molecule has 4 aliphatic carbocycles. The van der Waals surface area contributed by atoms with Gasteiger partial charge >= 0.3 is 5.97 Å². The Morgan fingerprint density at radius 3 is 2.39 bits per heavy atom. The number of hydrogen-bond acceptors (Lipinski definition) is 5. The Morgan fingerprint density at radius 2 is 1.78 bits per heavy atom. The lowest BCUT2D eigenvalue weighted by atomic mass is 9.47. The van der Waals surface area contributed by atoms with Crippen LogP contribution in [0.3, 0.4) is 0 Å². The monoisotopic (exact) mass is 488 g/mol. The molecule has 2 amide bonds. The van der Waals surface area contributed by atoms with Crippen molar-refractivity contribution in [2.45, 2.75) is 64.8 Å². The molecule has 0 spiro atoms. The highest BCUT2D eigenvalue weighted by atomic mass is 16.5. The van der Waals surface area contributed by atoms with Crippen LogP contribution < -0.4 is 10.6 Å². The van der Waals surface area contributed by atoms with Gasteiger partial charge in [0.25, 0.3) is 5.91 Å². The topological polar surface area (TPSA) is 113 Å². The first-order chi connectivity index (χ1) is 17.2. The summed E-state index contributed by atoms with van der Waals surface area (Å²) in [5.74, 6) is 0.235. The number of esters is 1. The molecule has 6 rings (SSSR count). The molecule has 4 bridgehead atoms. The average Bonchev–Trinajstić information content (AvgIpc) is 3.05. The van der Waals surface area contributed by atoms with Crippen LogP contribution in [-0.2, 0) is 19.1 Å². The van der Waals surface area contributed by atoms with Crippen molar-refractivity contribution in [2.24, 2.45) is 17.3 Å². The smallest absolute Gasteiger partial charge is 0.312 e. The number of ether oxygens (including phenoxy) is 1. The van der Waals surface area contributed by atoms with Crippen LogP contribution in [0.2, 0.25) is 0 Å². The van der Waals surface area contributed by atoms with Crippen LogP contribution in [0.4, 0.5) is 5.82 Å². The van der Waals surface area contributed by atoms with E-state index in [9.17, 15) is 19.6 Å². The van der Waals surface area contributed by atoms with Gasteiger partial charge in [-0.05, 0) is 81.9 Å². The fourth-order valence-corrected chi connectivity index (χ4v) is 7.43. The van der Waals surface area contributed by atoms with Gasteiger partial charge in [-0.25, -0.2) is 0 Å². The van der Waals surface area contributed by atoms with Gasteiger partial charge in [0.2, 0.25) is 5.91 Å². The maximum absolute atomic E-state index is 13.4. The van der Waals surface area contributed by atoms with E-state index >= 15 is 0 Å². The van der Waals surface area contributed by atoms with Crippen LogP contribution in [0, 0.1) is 42.4 Å². The Balaban J connectivity index is 1.32. The Kier molecular flexibility index (Phi) is 5.90. The van der Waals surface area contributed by atoms with Gasteiger partial charge in [-0.3, -0.25) is 19.0 Å². The second kappa shape index (κ2) is 8.81. The van der Waals surface area contributed by atoms with Gasteiger partial charge in [-0.15, -0.1) is 0 Å². The molecule has 2 unspecified atom stereocenters. The molecule has 4 fully saturated rings. The van der Waals surface area contributed by atoms with E-state index in [1.165, 1.54) is 6.92 Å². The quantitative estimate of drug-likeness (QED) is 0.599. The van der Waals surface area contributed by atoms with Crippen molar-refractivity contribution >= 4 is 23.6 Å². The van der Waals surface area contributed by atoms with Crippen molar-refractivity contribution in [3.63, 3.8) is 0 Å². The van der Waals surface area contributed by atoms with E-state index in [-0.39, 0.29) is 17.4 Å². The highest BCUT2D eigenvalue weighted by Gasteiger charge is 2.61. The summed E-state index contributed by atoms with van der Waals surface area (Å²) in [6, 6.07) is 11.7. The molecule has 8 nitrogen and oxygen atoms in total. The molecule has 1 aromatic carbocycles. The predicted octanol–water partition coefficient (Wildman–Crippen LogP) is 3.92. The van der Waals surface area contributed by atoms with Crippen LogP contribution >= 0.6 is 0 Å². The summed E-state index contributed by atoms with van der Waals surface area (Å²) in [5.41, 5.74) is 1.84. The zero-order chi connectivity index (χ0) is 25.7. The first-order valence-corrected chi connectivity index (χ1v) is 12.6. The van der Waals surface area contributed by atoms with E-state index in [1.807, 2.05) is 48.7 Å². The molecule has 0 aliphatic heterocycles. The molecule has 1 aromatic heterocycles. The molecule has 2 N–H and O–H groups in total. The lowest BCUT2D eigenvalue weighted by Crippen LogP contribution is -2.64. The van der Waals surface area contributed by atoms with Gasteiger partial charge in [-0.1, -0.05) is 18.2 Å². The number of nitrogens with one attached hydrogen (secondary N) is 2. The van der Waals surface area contributed by atoms with Crippen molar-refractivity contribution < 1.29 is 19.1 Å². The van der Waals surface area contributed by atoms with Gasteiger partial charge in [0.1, 0.15) is 11.9 Å². The number of anilines is 1. The number of benzene rings is 1. The van der Waals surface area contributed by atoms with Crippen LogP contribution in [0.25, 0.3) is 5.69 Å². The third-order valence-electron chi connectivity index (χ3n) is 8.37. The van der Waals surface area contributed by atoms with Crippen LogP contribution in [-0.4, -0.2) is 34.5 Å². The lowest BCUT2D eigenvalue weighted by Gasteiger charge is -2.60. The molecule has 0 saturated heterocycles. The molecule has 0 radical (unpaired) electrons. The minimum atomic E-state index is -0.651. The highest BCUT2D eigenvalue weighted by Crippen LogP contribution is 2.62. The molecular weight excluding hydrogens is 456 g/mol. The number of amides is 2. The number of carbonyl (C=O) groups excluding carboxylic acids is 3. The third kappa shape index (κ3) is 4.06. The van der Waals surface area contributed by atoms with Gasteiger partial charge in [0.15, 0.2) is 6.61 Å². The number of rotatable bonds is 6. The number of aromatic nitrogens is 1. The number of nitriles is 1. The van der Waals surface area contributed by atoms with Crippen molar-refractivity contribution in [1.82, 2.24) is 9.88 Å².